The van der Waals surface area contributed by atoms with Crippen LogP contribution in [0.5, 0.6) is 0 Å². The van der Waals surface area contributed by atoms with Gasteiger partial charge in [0.05, 0.1) is 5.02 Å². The zero-order valence-electron chi connectivity index (χ0n) is 8.97. The van der Waals surface area contributed by atoms with Crippen molar-refractivity contribution in [1.82, 2.24) is 4.98 Å². The van der Waals surface area contributed by atoms with Gasteiger partial charge in [-0.05, 0) is 31.4 Å². The van der Waals surface area contributed by atoms with Crippen LogP contribution in [0.4, 0.5) is 5.82 Å². The number of pyridine rings is 1. The van der Waals surface area contributed by atoms with Crippen molar-refractivity contribution in [2.75, 3.05) is 5.32 Å². The normalized spacial score (nSPS) is 14.3. The summed E-state index contributed by atoms with van der Waals surface area (Å²) >= 11 is 5.98. The van der Waals surface area contributed by atoms with Crippen LogP contribution in [0.15, 0.2) is 12.3 Å². The Morgan fingerprint density at radius 1 is 1.43 bits per heavy atom. The molecule has 14 heavy (non-hydrogen) atoms. The molecular formula is C11H17ClN2. The first-order valence-electron chi connectivity index (χ1n) is 5.14. The number of hydrogen-bond donors (Lipinski definition) is 1. The van der Waals surface area contributed by atoms with Gasteiger partial charge in [-0.25, -0.2) is 4.98 Å². The third-order valence-electron chi connectivity index (χ3n) is 1.90. The van der Waals surface area contributed by atoms with E-state index in [1.807, 2.05) is 33.0 Å². The Bertz CT molecular complexity index is 295. The van der Waals surface area contributed by atoms with Gasteiger partial charge < -0.3 is 5.32 Å². The number of aryl methyl sites for hydroxylation is 1. The molecule has 3 heteroatoms. The van der Waals surface area contributed by atoms with Crippen LogP contribution >= 0.6 is 11.6 Å². The fourth-order valence-corrected chi connectivity index (χ4v) is 1.34. The lowest BCUT2D eigenvalue weighted by molar-refractivity contribution is 1.11. The van der Waals surface area contributed by atoms with Crippen LogP contribution in [0, 0.1) is 6.92 Å². The predicted molar refractivity (Wildman–Crippen MR) is 62.0 cm³/mol. The lowest BCUT2D eigenvalue weighted by Gasteiger charge is -2.05. The first-order chi connectivity index (χ1) is 6.75. The number of halogens is 1. The van der Waals surface area contributed by atoms with E-state index in [0.29, 0.717) is 6.04 Å². The van der Waals surface area contributed by atoms with Crippen LogP contribution in [0.2, 0.25) is 5.02 Å². The van der Waals surface area contributed by atoms with Crippen molar-refractivity contribution in [1.29, 1.82) is 0 Å². The van der Waals surface area contributed by atoms with Crippen LogP contribution < -0.4 is 5.32 Å². The molecule has 0 saturated heterocycles. The minimum atomic E-state index is 0.609. The van der Waals surface area contributed by atoms with Gasteiger partial charge in [0.15, 0.2) is 0 Å². The maximum Gasteiger partial charge on any atom is 0.144 e. The van der Waals surface area contributed by atoms with Crippen LogP contribution in [0.1, 0.15) is 32.3 Å². The Morgan fingerprint density at radius 2 is 2.07 bits per heavy atom. The van der Waals surface area contributed by atoms with Crippen LogP contribution in [-0.2, 0) is 0 Å². The summed E-state index contributed by atoms with van der Waals surface area (Å²) in [5.74, 6) is 0.824. The van der Waals surface area contributed by atoms with Gasteiger partial charge in [-0.15, -0.1) is 0 Å². The highest BCUT2D eigenvalue weighted by atomic mass is 35.5. The molecular weight excluding hydrogens is 196 g/mol. The van der Waals surface area contributed by atoms with E-state index in [1.165, 1.54) is 12.8 Å². The number of nitrogens with zero attached hydrogens (tertiary/aromatic N) is 1. The van der Waals surface area contributed by atoms with Gasteiger partial charge in [-0.3, -0.25) is 0 Å². The molecule has 1 aromatic rings. The van der Waals surface area contributed by atoms with Gasteiger partial charge in [-0.1, -0.05) is 25.4 Å². The predicted octanol–water partition coefficient (Wildman–Crippen LogP) is 3.64. The standard InChI is InChI=1S/C9H11ClN2.C2H6/c1-6-4-8(10)9(11-5-6)12-7-2-3-7;1-2/h4-5,7H,2-3H2,1H3,(H,11,12);1-2H3. The molecule has 2 rings (SSSR count). The van der Waals surface area contributed by atoms with Crippen molar-refractivity contribution >= 4 is 17.4 Å². The molecule has 1 heterocycles. The molecule has 1 aromatic heterocycles. The quantitative estimate of drug-likeness (QED) is 0.810. The summed E-state index contributed by atoms with van der Waals surface area (Å²) in [6.45, 7) is 5.99. The highest BCUT2D eigenvalue weighted by Gasteiger charge is 2.22. The van der Waals surface area contributed by atoms with E-state index in [1.54, 1.807) is 0 Å². The van der Waals surface area contributed by atoms with Crippen LogP contribution in [0.3, 0.4) is 0 Å². The van der Waals surface area contributed by atoms with Crippen LogP contribution in [-0.4, -0.2) is 11.0 Å². The average Bonchev–Trinajstić information content (AvgIpc) is 2.97. The Kier molecular flexibility index (Phi) is 4.21. The van der Waals surface area contributed by atoms with Crippen molar-refractivity contribution in [2.45, 2.75) is 39.7 Å². The fraction of sp³-hybridized carbons (Fsp3) is 0.545. The molecule has 1 aliphatic rings. The number of nitrogens with one attached hydrogen (secondary N) is 1. The molecule has 0 spiro atoms. The van der Waals surface area contributed by atoms with Crippen molar-refractivity contribution in [3.63, 3.8) is 0 Å². The van der Waals surface area contributed by atoms with E-state index >= 15 is 0 Å². The molecule has 1 aliphatic carbocycles. The highest BCUT2D eigenvalue weighted by Crippen LogP contribution is 2.27. The van der Waals surface area contributed by atoms with Crippen LogP contribution in [0.25, 0.3) is 0 Å². The zero-order valence-corrected chi connectivity index (χ0v) is 9.73. The summed E-state index contributed by atoms with van der Waals surface area (Å²) in [5, 5.41) is 3.99. The summed E-state index contributed by atoms with van der Waals surface area (Å²) < 4.78 is 0. The van der Waals surface area contributed by atoms with Gasteiger partial charge in [-0.2, -0.15) is 0 Å². The maximum atomic E-state index is 5.98. The van der Waals surface area contributed by atoms with E-state index in [2.05, 4.69) is 10.3 Å². The van der Waals surface area contributed by atoms with E-state index in [4.69, 9.17) is 11.6 Å². The first-order valence-corrected chi connectivity index (χ1v) is 5.52. The van der Waals surface area contributed by atoms with Crippen molar-refractivity contribution in [2.24, 2.45) is 0 Å². The second-order valence-corrected chi connectivity index (χ2v) is 3.67. The smallest absolute Gasteiger partial charge is 0.144 e. The largest absolute Gasteiger partial charge is 0.366 e. The monoisotopic (exact) mass is 212 g/mol. The molecule has 0 unspecified atom stereocenters. The molecule has 0 bridgehead atoms. The second-order valence-electron chi connectivity index (χ2n) is 3.26. The SMILES string of the molecule is CC.Cc1cnc(NC2CC2)c(Cl)c1. The Hall–Kier alpha value is -0.760. The Balaban J connectivity index is 0.000000461. The fourth-order valence-electron chi connectivity index (χ4n) is 1.06. The summed E-state index contributed by atoms with van der Waals surface area (Å²) in [4.78, 5) is 4.21. The molecule has 1 fully saturated rings. The lowest BCUT2D eigenvalue weighted by Crippen LogP contribution is -2.03. The summed E-state index contributed by atoms with van der Waals surface area (Å²) in [7, 11) is 0. The van der Waals surface area contributed by atoms with Crippen molar-refractivity contribution < 1.29 is 0 Å². The molecule has 0 aromatic carbocycles. The third-order valence-corrected chi connectivity index (χ3v) is 2.18. The van der Waals surface area contributed by atoms with Gasteiger partial charge in [0.1, 0.15) is 5.82 Å². The summed E-state index contributed by atoms with van der Waals surface area (Å²) in [6, 6.07) is 2.54. The Labute approximate surface area is 90.7 Å². The summed E-state index contributed by atoms with van der Waals surface area (Å²) in [6.07, 6.45) is 4.31. The maximum absolute atomic E-state index is 5.98. The highest BCUT2D eigenvalue weighted by molar-refractivity contribution is 6.32. The molecule has 2 nitrogen and oxygen atoms in total. The molecule has 1 saturated carbocycles. The molecule has 0 amide bonds. The summed E-state index contributed by atoms with van der Waals surface area (Å²) in [5.41, 5.74) is 1.10. The van der Waals surface area contributed by atoms with E-state index in [0.717, 1.165) is 16.4 Å². The average molecular weight is 213 g/mol. The lowest BCUT2D eigenvalue weighted by atomic mass is 10.3. The second kappa shape index (κ2) is 5.20. The zero-order chi connectivity index (χ0) is 10.6. The van der Waals surface area contributed by atoms with E-state index < -0.39 is 0 Å². The van der Waals surface area contributed by atoms with E-state index in [9.17, 15) is 0 Å². The molecule has 78 valence electrons. The van der Waals surface area contributed by atoms with Gasteiger partial charge in [0.2, 0.25) is 0 Å². The van der Waals surface area contributed by atoms with Crippen molar-refractivity contribution in [3.05, 3.63) is 22.8 Å². The topological polar surface area (TPSA) is 24.9 Å². The Morgan fingerprint density at radius 3 is 2.57 bits per heavy atom. The minimum Gasteiger partial charge on any atom is -0.366 e. The van der Waals surface area contributed by atoms with Crippen molar-refractivity contribution in [3.8, 4) is 0 Å². The molecule has 0 aliphatic heterocycles. The van der Waals surface area contributed by atoms with Gasteiger partial charge in [0.25, 0.3) is 0 Å². The van der Waals surface area contributed by atoms with Gasteiger partial charge in [0, 0.05) is 12.2 Å². The minimum absolute atomic E-state index is 0.609. The number of anilines is 1. The number of hydrogen-bond acceptors (Lipinski definition) is 2. The molecule has 0 atom stereocenters. The number of rotatable bonds is 2. The van der Waals surface area contributed by atoms with E-state index in [-0.39, 0.29) is 0 Å². The first kappa shape index (κ1) is 11.3. The molecule has 1 N–H and O–H groups in total. The number of aromatic nitrogens is 1. The molecule has 0 radical (unpaired) electrons. The van der Waals surface area contributed by atoms with Gasteiger partial charge >= 0.3 is 0 Å². The third kappa shape index (κ3) is 3.18.